The molecule has 0 saturated carbocycles. The van der Waals surface area contributed by atoms with Crippen LogP contribution in [0.15, 0.2) is 170 Å². The minimum atomic E-state index is 1.01. The zero-order valence-corrected chi connectivity index (χ0v) is 28.3. The minimum absolute atomic E-state index is 1.01. The van der Waals surface area contributed by atoms with Gasteiger partial charge in [-0.25, -0.2) is 9.97 Å². The molecule has 0 radical (unpaired) electrons. The number of hydrogen-bond donors (Lipinski definition) is 0. The van der Waals surface area contributed by atoms with Crippen molar-refractivity contribution < 1.29 is 0 Å². The van der Waals surface area contributed by atoms with Crippen LogP contribution in [-0.2, 0) is 0 Å². The van der Waals surface area contributed by atoms with Crippen molar-refractivity contribution in [2.24, 2.45) is 0 Å². The van der Waals surface area contributed by atoms with E-state index in [9.17, 15) is 0 Å². The van der Waals surface area contributed by atoms with Crippen molar-refractivity contribution in [2.75, 3.05) is 0 Å². The first-order chi connectivity index (χ1) is 25.3. The molecular formula is C48H28N2S. The molecular weight excluding hydrogens is 637 g/mol. The number of thiophene rings is 1. The van der Waals surface area contributed by atoms with E-state index in [1.54, 1.807) is 11.3 Å². The second-order valence-corrected chi connectivity index (χ2v) is 14.2. The van der Waals surface area contributed by atoms with E-state index >= 15 is 0 Å². The molecule has 0 unspecified atom stereocenters. The largest absolute Gasteiger partial charge is 0.245 e. The summed E-state index contributed by atoms with van der Waals surface area (Å²) in [6.45, 7) is 0. The Labute approximate surface area is 297 Å². The lowest BCUT2D eigenvalue weighted by molar-refractivity contribution is 1.46. The summed E-state index contributed by atoms with van der Waals surface area (Å²) in [7, 11) is 0. The molecule has 51 heavy (non-hydrogen) atoms. The maximum atomic E-state index is 5.68. The van der Waals surface area contributed by atoms with Crippen LogP contribution >= 0.6 is 11.3 Å². The van der Waals surface area contributed by atoms with E-state index in [4.69, 9.17) is 9.97 Å². The molecule has 3 heteroatoms. The molecule has 3 heterocycles. The van der Waals surface area contributed by atoms with Gasteiger partial charge in [-0.05, 0) is 60.0 Å². The highest BCUT2D eigenvalue weighted by Gasteiger charge is 2.23. The highest BCUT2D eigenvalue weighted by molar-refractivity contribution is 7.26. The average molecular weight is 665 g/mol. The van der Waals surface area contributed by atoms with Crippen LogP contribution in [-0.4, -0.2) is 9.97 Å². The number of rotatable bonds is 3. The molecule has 236 valence electrons. The average Bonchev–Trinajstić information content (AvgIpc) is 3.59. The summed E-state index contributed by atoms with van der Waals surface area (Å²) >= 11 is 1.74. The Hall–Kier alpha value is -6.42. The Balaban J connectivity index is 1.28. The molecule has 8 aromatic carbocycles. The van der Waals surface area contributed by atoms with Gasteiger partial charge in [0.1, 0.15) is 4.83 Å². The van der Waals surface area contributed by atoms with Gasteiger partial charge in [-0.3, -0.25) is 0 Å². The lowest BCUT2D eigenvalue weighted by Crippen LogP contribution is -1.95. The molecule has 0 N–H and O–H groups in total. The molecule has 11 aromatic rings. The number of nitrogens with zero attached hydrogens (tertiary/aromatic N) is 2. The Morgan fingerprint density at radius 2 is 0.902 bits per heavy atom. The Morgan fingerprint density at radius 1 is 0.392 bits per heavy atom. The zero-order chi connectivity index (χ0) is 33.5. The van der Waals surface area contributed by atoms with Crippen LogP contribution in [0.2, 0.25) is 0 Å². The zero-order valence-electron chi connectivity index (χ0n) is 27.5. The summed E-state index contributed by atoms with van der Waals surface area (Å²) in [4.78, 5) is 11.6. The number of pyridine rings is 2. The van der Waals surface area contributed by atoms with E-state index < -0.39 is 0 Å². The number of aromatic nitrogens is 2. The van der Waals surface area contributed by atoms with Crippen molar-refractivity contribution in [3.63, 3.8) is 0 Å². The summed E-state index contributed by atoms with van der Waals surface area (Å²) < 4.78 is 1.18. The van der Waals surface area contributed by atoms with Gasteiger partial charge in [-0.15, -0.1) is 11.3 Å². The van der Waals surface area contributed by atoms with Crippen LogP contribution in [0, 0.1) is 0 Å². The van der Waals surface area contributed by atoms with E-state index in [0.717, 1.165) is 32.2 Å². The third-order valence-electron chi connectivity index (χ3n) is 10.5. The molecule has 2 nitrogen and oxygen atoms in total. The van der Waals surface area contributed by atoms with Crippen molar-refractivity contribution >= 4 is 85.6 Å². The molecule has 0 aliphatic rings. The van der Waals surface area contributed by atoms with Gasteiger partial charge in [-0.2, -0.15) is 0 Å². The van der Waals surface area contributed by atoms with Crippen molar-refractivity contribution in [1.82, 2.24) is 9.97 Å². The van der Waals surface area contributed by atoms with Gasteiger partial charge >= 0.3 is 0 Å². The Bertz CT molecular complexity index is 3140. The monoisotopic (exact) mass is 664 g/mol. The molecule has 0 spiro atoms. The van der Waals surface area contributed by atoms with Gasteiger partial charge in [0.15, 0.2) is 0 Å². The molecule has 0 aliphatic heterocycles. The van der Waals surface area contributed by atoms with Crippen molar-refractivity contribution in [3.8, 4) is 33.5 Å². The normalized spacial score (nSPS) is 11.9. The lowest BCUT2D eigenvalue weighted by Gasteiger charge is -2.20. The predicted molar refractivity (Wildman–Crippen MR) is 219 cm³/mol. The Morgan fingerprint density at radius 3 is 1.59 bits per heavy atom. The standard InChI is InChI=1S/C48H28N2S/c1-2-14-29(15-3-1)31-26-27-39(34-19-7-6-18-33(31)34)42-35-20-8-10-22-37(35)43(38-23-11-9-21-36(38)42)45-40-24-12-13-25-41(40)47-46(50-45)44-32-17-5-4-16-30(32)28-49-48(44)51-47/h1-28H. The molecule has 0 atom stereocenters. The quantitative estimate of drug-likeness (QED) is 0.176. The molecule has 0 saturated heterocycles. The van der Waals surface area contributed by atoms with Gasteiger partial charge in [0.05, 0.1) is 15.9 Å². The van der Waals surface area contributed by atoms with E-state index in [2.05, 4.69) is 164 Å². The predicted octanol–water partition coefficient (Wildman–Crippen LogP) is 13.6. The number of benzene rings is 8. The van der Waals surface area contributed by atoms with Crippen molar-refractivity contribution in [2.45, 2.75) is 0 Å². The summed E-state index contributed by atoms with van der Waals surface area (Å²) in [6.07, 6.45) is 1.99. The van der Waals surface area contributed by atoms with Gasteiger partial charge in [-0.1, -0.05) is 164 Å². The fourth-order valence-electron chi connectivity index (χ4n) is 8.31. The summed E-state index contributed by atoms with van der Waals surface area (Å²) in [5.41, 5.74) is 8.15. The highest BCUT2D eigenvalue weighted by Crippen LogP contribution is 2.49. The van der Waals surface area contributed by atoms with Crippen LogP contribution in [0.5, 0.6) is 0 Å². The smallest absolute Gasteiger partial charge is 0.126 e. The SMILES string of the molecule is c1ccc(-c2ccc(-c3c4ccccc4c(-c4nc5c(sc6ncc7ccccc7c65)c5ccccc45)c4ccccc34)c3ccccc23)cc1. The third kappa shape index (κ3) is 4.16. The second-order valence-electron chi connectivity index (χ2n) is 13.2. The topological polar surface area (TPSA) is 25.8 Å². The lowest BCUT2D eigenvalue weighted by atomic mass is 9.84. The molecule has 3 aromatic heterocycles. The van der Waals surface area contributed by atoms with Crippen LogP contribution in [0.25, 0.3) is 108 Å². The van der Waals surface area contributed by atoms with Gasteiger partial charge in [0, 0.05) is 33.3 Å². The minimum Gasteiger partial charge on any atom is -0.245 e. The van der Waals surface area contributed by atoms with Crippen molar-refractivity contribution in [1.29, 1.82) is 0 Å². The van der Waals surface area contributed by atoms with E-state index in [1.165, 1.54) is 75.6 Å². The highest BCUT2D eigenvalue weighted by atomic mass is 32.1. The number of hydrogen-bond acceptors (Lipinski definition) is 3. The van der Waals surface area contributed by atoms with E-state index in [0.29, 0.717) is 0 Å². The Kier molecular flexibility index (Phi) is 6.16. The molecule has 0 fully saturated rings. The van der Waals surface area contributed by atoms with Gasteiger partial charge in [0.25, 0.3) is 0 Å². The molecule has 0 bridgehead atoms. The molecule has 0 aliphatic carbocycles. The summed E-state index contributed by atoms with van der Waals surface area (Å²) in [5.74, 6) is 0. The first-order valence-corrected chi connectivity index (χ1v) is 18.2. The maximum Gasteiger partial charge on any atom is 0.126 e. The summed E-state index contributed by atoms with van der Waals surface area (Å²) in [6, 6.07) is 59.3. The number of fused-ring (bicyclic) bond motifs is 10. The summed E-state index contributed by atoms with van der Waals surface area (Å²) in [5, 5.41) is 13.2. The van der Waals surface area contributed by atoms with Crippen LogP contribution < -0.4 is 0 Å². The van der Waals surface area contributed by atoms with Gasteiger partial charge < -0.3 is 0 Å². The third-order valence-corrected chi connectivity index (χ3v) is 11.6. The fourth-order valence-corrected chi connectivity index (χ4v) is 9.45. The first-order valence-electron chi connectivity index (χ1n) is 17.3. The first kappa shape index (κ1) is 28.4. The van der Waals surface area contributed by atoms with Crippen LogP contribution in [0.4, 0.5) is 0 Å². The maximum absolute atomic E-state index is 5.68. The van der Waals surface area contributed by atoms with E-state index in [1.807, 2.05) is 6.20 Å². The fraction of sp³-hybridized carbons (Fsp3) is 0. The molecule has 0 amide bonds. The van der Waals surface area contributed by atoms with Crippen molar-refractivity contribution in [3.05, 3.63) is 170 Å². The van der Waals surface area contributed by atoms with Crippen LogP contribution in [0.3, 0.4) is 0 Å². The van der Waals surface area contributed by atoms with E-state index in [-0.39, 0.29) is 0 Å². The second kappa shape index (κ2) is 11.0. The molecule has 11 rings (SSSR count). The van der Waals surface area contributed by atoms with Gasteiger partial charge in [0.2, 0.25) is 0 Å². The van der Waals surface area contributed by atoms with Crippen LogP contribution in [0.1, 0.15) is 0 Å².